The summed E-state index contributed by atoms with van der Waals surface area (Å²) in [5.74, 6) is -1.75. The number of primary amides is 1. The molecule has 3 heterocycles. The van der Waals surface area contributed by atoms with Crippen molar-refractivity contribution >= 4 is 16.8 Å². The number of halogens is 3. The number of carbonyl (C=O) groups excluding carboxylic acids is 1. The van der Waals surface area contributed by atoms with Gasteiger partial charge >= 0.3 is 0 Å². The van der Waals surface area contributed by atoms with Gasteiger partial charge in [0.25, 0.3) is 0 Å². The van der Waals surface area contributed by atoms with Crippen LogP contribution in [-0.4, -0.2) is 59.6 Å². The van der Waals surface area contributed by atoms with Gasteiger partial charge in [0.1, 0.15) is 29.5 Å². The number of nitrogens with one attached hydrogen (secondary N) is 1. The number of aromatic amines is 1. The van der Waals surface area contributed by atoms with Gasteiger partial charge in [-0.15, -0.1) is 0 Å². The summed E-state index contributed by atoms with van der Waals surface area (Å²) >= 11 is 0. The molecule has 0 aliphatic carbocycles. The van der Waals surface area contributed by atoms with E-state index in [9.17, 15) is 9.18 Å². The van der Waals surface area contributed by atoms with Crippen molar-refractivity contribution in [1.82, 2.24) is 14.8 Å². The van der Waals surface area contributed by atoms with Crippen molar-refractivity contribution in [3.63, 3.8) is 0 Å². The van der Waals surface area contributed by atoms with Crippen molar-refractivity contribution in [2.45, 2.75) is 44.2 Å². The number of para-hydroxylation sites is 1. The topological polar surface area (TPSA) is 74.6 Å². The molecule has 38 heavy (non-hydrogen) atoms. The number of nitrogens with two attached hydrogens (primary N) is 1. The van der Waals surface area contributed by atoms with Crippen LogP contribution < -0.4 is 10.5 Å². The van der Waals surface area contributed by atoms with Crippen molar-refractivity contribution in [2.75, 3.05) is 32.9 Å². The summed E-state index contributed by atoms with van der Waals surface area (Å²) in [7, 11) is 0. The molecule has 1 saturated heterocycles. The van der Waals surface area contributed by atoms with Gasteiger partial charge in [0.2, 0.25) is 5.91 Å². The molecule has 1 amide bonds. The molecule has 5 rings (SSSR count). The molecule has 1 aromatic heterocycles. The lowest BCUT2D eigenvalue weighted by Gasteiger charge is -2.39. The minimum absolute atomic E-state index is 0.0962. The van der Waals surface area contributed by atoms with Crippen LogP contribution in [-0.2, 0) is 11.2 Å². The van der Waals surface area contributed by atoms with E-state index >= 15 is 8.78 Å². The number of hydrogen-bond donors (Lipinski definition) is 2. The van der Waals surface area contributed by atoms with Gasteiger partial charge in [-0.1, -0.05) is 24.8 Å². The monoisotopic (exact) mass is 526 g/mol. The number of rotatable bonds is 10. The van der Waals surface area contributed by atoms with Crippen LogP contribution in [0.4, 0.5) is 13.2 Å². The highest BCUT2D eigenvalue weighted by atomic mass is 19.1. The number of allylic oxidation sites excluding steroid dienone is 1. The van der Waals surface area contributed by atoms with E-state index in [-0.39, 0.29) is 30.5 Å². The highest BCUT2D eigenvalue weighted by Crippen LogP contribution is 2.43. The van der Waals surface area contributed by atoms with E-state index in [1.807, 2.05) is 29.2 Å². The van der Waals surface area contributed by atoms with Crippen LogP contribution in [0.3, 0.4) is 0 Å². The predicted molar refractivity (Wildman–Crippen MR) is 141 cm³/mol. The third-order valence-electron chi connectivity index (χ3n) is 7.57. The first-order valence-electron chi connectivity index (χ1n) is 13.1. The maximum atomic E-state index is 15.8. The van der Waals surface area contributed by atoms with E-state index in [1.54, 1.807) is 0 Å². The Hall–Kier alpha value is -3.46. The Morgan fingerprint density at radius 1 is 1.16 bits per heavy atom. The lowest BCUT2D eigenvalue weighted by atomic mass is 9.90. The highest BCUT2D eigenvalue weighted by Gasteiger charge is 2.36. The zero-order valence-corrected chi connectivity index (χ0v) is 21.3. The number of fused-ring (bicyclic) bond motifs is 3. The van der Waals surface area contributed by atoms with Gasteiger partial charge in [0.15, 0.2) is 0 Å². The Balaban J connectivity index is 1.47. The summed E-state index contributed by atoms with van der Waals surface area (Å²) in [4.78, 5) is 18.8. The molecule has 0 spiro atoms. The van der Waals surface area contributed by atoms with Crippen molar-refractivity contribution in [3.8, 4) is 5.75 Å². The fourth-order valence-corrected chi connectivity index (χ4v) is 5.76. The maximum absolute atomic E-state index is 15.8. The van der Waals surface area contributed by atoms with E-state index < -0.39 is 23.6 Å². The van der Waals surface area contributed by atoms with Crippen molar-refractivity contribution in [2.24, 2.45) is 5.73 Å². The summed E-state index contributed by atoms with van der Waals surface area (Å²) in [5.41, 5.74) is 8.47. The standard InChI is InChI=1S/C29H33F3N4O2/c1-18(7-8-26(33)37)36-14-10-22-21-5-2-3-6-25(21)34-28(22)29(36)27-23(31)15-20(16-24(27)32)38-19-9-13-35(17-19)12-4-11-30/h2-3,5-6,15-16,19,29,34H,1,4,7-14,17H2,(H2,33,37)/t19-,29-/m1/s1. The quantitative estimate of drug-likeness (QED) is 0.391. The Morgan fingerprint density at radius 3 is 2.66 bits per heavy atom. The Labute approximate surface area is 220 Å². The van der Waals surface area contributed by atoms with Crippen molar-refractivity contribution in [1.29, 1.82) is 0 Å². The highest BCUT2D eigenvalue weighted by molar-refractivity contribution is 5.85. The lowest BCUT2D eigenvalue weighted by Crippen LogP contribution is -2.36. The van der Waals surface area contributed by atoms with E-state index in [1.165, 1.54) is 12.1 Å². The molecule has 0 unspecified atom stereocenters. The molecule has 9 heteroatoms. The number of ether oxygens (including phenoxy) is 1. The average molecular weight is 527 g/mol. The van der Waals surface area contributed by atoms with E-state index in [4.69, 9.17) is 10.5 Å². The second-order valence-electron chi connectivity index (χ2n) is 10.1. The molecule has 0 radical (unpaired) electrons. The predicted octanol–water partition coefficient (Wildman–Crippen LogP) is 4.99. The number of alkyl halides is 1. The SMILES string of the molecule is C=C(CCC(N)=O)N1CCc2c([nH]c3ccccc23)[C@H]1c1c(F)cc(O[C@@H]2CCN(CCCF)C2)cc1F. The molecule has 0 saturated carbocycles. The summed E-state index contributed by atoms with van der Waals surface area (Å²) in [6.07, 6.45) is 2.03. The first-order chi connectivity index (χ1) is 18.4. The molecule has 2 aliphatic heterocycles. The van der Waals surface area contributed by atoms with Gasteiger partial charge in [-0.25, -0.2) is 8.78 Å². The van der Waals surface area contributed by atoms with Crippen LogP contribution in [0.25, 0.3) is 10.9 Å². The van der Waals surface area contributed by atoms with E-state index in [0.717, 1.165) is 23.0 Å². The van der Waals surface area contributed by atoms with Crippen LogP contribution >= 0.6 is 0 Å². The zero-order chi connectivity index (χ0) is 26.8. The van der Waals surface area contributed by atoms with Gasteiger partial charge in [-0.3, -0.25) is 14.1 Å². The van der Waals surface area contributed by atoms with Crippen LogP contribution in [0.1, 0.15) is 48.5 Å². The molecule has 2 atom stereocenters. The first-order valence-corrected chi connectivity index (χ1v) is 13.1. The molecule has 2 aromatic carbocycles. The van der Waals surface area contributed by atoms with Gasteiger partial charge in [0.05, 0.1) is 12.2 Å². The average Bonchev–Trinajstić information content (AvgIpc) is 3.49. The fraction of sp³-hybridized carbons (Fsp3) is 0.414. The Kier molecular flexibility index (Phi) is 7.65. The van der Waals surface area contributed by atoms with E-state index in [0.29, 0.717) is 56.7 Å². The zero-order valence-electron chi connectivity index (χ0n) is 21.3. The molecular weight excluding hydrogens is 493 g/mol. The third-order valence-corrected chi connectivity index (χ3v) is 7.57. The molecule has 202 valence electrons. The number of amides is 1. The summed E-state index contributed by atoms with van der Waals surface area (Å²) in [6.45, 7) is 6.26. The number of H-pyrrole nitrogens is 1. The summed E-state index contributed by atoms with van der Waals surface area (Å²) < 4.78 is 50.0. The number of nitrogens with zero attached hydrogens (tertiary/aromatic N) is 2. The van der Waals surface area contributed by atoms with Crippen molar-refractivity contribution in [3.05, 3.63) is 77.1 Å². The molecule has 1 fully saturated rings. The molecule has 3 N–H and O–H groups in total. The van der Waals surface area contributed by atoms with Crippen LogP contribution in [0.15, 0.2) is 48.7 Å². The van der Waals surface area contributed by atoms with Crippen LogP contribution in [0.2, 0.25) is 0 Å². The van der Waals surface area contributed by atoms with E-state index in [2.05, 4.69) is 16.5 Å². The Bertz CT molecular complexity index is 1320. The first kappa shape index (κ1) is 26.2. The van der Waals surface area contributed by atoms with Crippen LogP contribution in [0, 0.1) is 11.6 Å². The summed E-state index contributed by atoms with van der Waals surface area (Å²) in [6, 6.07) is 9.49. The van der Waals surface area contributed by atoms with Gasteiger partial charge < -0.3 is 20.4 Å². The minimum Gasteiger partial charge on any atom is -0.489 e. The van der Waals surface area contributed by atoms with Gasteiger partial charge in [0, 0.05) is 67.0 Å². The molecule has 2 aliphatic rings. The molecular formula is C29H33F3N4O2. The number of likely N-dealkylation sites (tertiary alicyclic amines) is 1. The second kappa shape index (κ2) is 11.1. The Morgan fingerprint density at radius 2 is 1.92 bits per heavy atom. The van der Waals surface area contributed by atoms with Gasteiger partial charge in [-0.05, 0) is 37.3 Å². The molecule has 3 aromatic rings. The smallest absolute Gasteiger partial charge is 0.217 e. The fourth-order valence-electron chi connectivity index (χ4n) is 5.76. The number of benzene rings is 2. The largest absolute Gasteiger partial charge is 0.489 e. The third kappa shape index (κ3) is 5.25. The minimum atomic E-state index is -0.789. The number of carbonyl (C=O) groups is 1. The number of aromatic nitrogens is 1. The second-order valence-corrected chi connectivity index (χ2v) is 10.1. The van der Waals surface area contributed by atoms with Gasteiger partial charge in [-0.2, -0.15) is 0 Å². The molecule has 6 nitrogen and oxygen atoms in total. The normalized spacial score (nSPS) is 19.6. The summed E-state index contributed by atoms with van der Waals surface area (Å²) in [5, 5.41) is 1.02. The molecule has 0 bridgehead atoms. The van der Waals surface area contributed by atoms with Crippen LogP contribution in [0.5, 0.6) is 5.75 Å². The number of hydrogen-bond acceptors (Lipinski definition) is 4. The lowest BCUT2D eigenvalue weighted by molar-refractivity contribution is -0.118. The van der Waals surface area contributed by atoms with Crippen molar-refractivity contribution < 1.29 is 22.7 Å². The maximum Gasteiger partial charge on any atom is 0.217 e.